The van der Waals surface area contributed by atoms with Crippen molar-refractivity contribution >= 4 is 50.8 Å². The zero-order valence-electron chi connectivity index (χ0n) is 13.6. The van der Waals surface area contributed by atoms with Gasteiger partial charge in [0.2, 0.25) is 5.91 Å². The Labute approximate surface area is 157 Å². The molecule has 0 spiro atoms. The number of carbonyl (C=O) groups is 3. The predicted molar refractivity (Wildman–Crippen MR) is 99.4 cm³/mol. The van der Waals surface area contributed by atoms with Gasteiger partial charge in [0.05, 0.1) is 0 Å². The van der Waals surface area contributed by atoms with Gasteiger partial charge in [-0.15, -0.1) is 11.3 Å². The highest BCUT2D eigenvalue weighted by atomic mass is 79.9. The number of imide groups is 1. The fourth-order valence-corrected chi connectivity index (χ4v) is 3.72. The van der Waals surface area contributed by atoms with E-state index in [2.05, 4.69) is 26.6 Å². The Bertz CT molecular complexity index is 853. The van der Waals surface area contributed by atoms with Crippen molar-refractivity contribution in [2.24, 2.45) is 0 Å². The third-order valence-electron chi connectivity index (χ3n) is 4.03. The van der Waals surface area contributed by atoms with E-state index < -0.39 is 23.4 Å². The summed E-state index contributed by atoms with van der Waals surface area (Å²) in [6, 6.07) is 8.42. The van der Waals surface area contributed by atoms with Gasteiger partial charge in [0, 0.05) is 15.0 Å². The predicted octanol–water partition coefficient (Wildman–Crippen LogP) is 3.22. The monoisotopic (exact) mass is 421 g/mol. The van der Waals surface area contributed by atoms with Crippen molar-refractivity contribution in [1.82, 2.24) is 10.2 Å². The Hall–Kier alpha value is -2.19. The molecular weight excluding hydrogens is 406 g/mol. The molecule has 2 aromatic rings. The number of aryl methyl sites for hydroxylation is 1. The lowest BCUT2D eigenvalue weighted by molar-refractivity contribution is -0.133. The molecule has 6 nitrogen and oxygen atoms in total. The Kier molecular flexibility index (Phi) is 4.66. The summed E-state index contributed by atoms with van der Waals surface area (Å²) in [7, 11) is 0. The molecule has 1 fully saturated rings. The molecule has 8 heteroatoms. The molecule has 1 unspecified atom stereocenters. The van der Waals surface area contributed by atoms with Gasteiger partial charge in [0.25, 0.3) is 5.91 Å². The van der Waals surface area contributed by atoms with Crippen molar-refractivity contribution in [2.45, 2.75) is 19.4 Å². The number of nitrogens with zero attached hydrogens (tertiary/aromatic N) is 1. The minimum Gasteiger partial charge on any atom is -0.325 e. The molecule has 1 aromatic carbocycles. The minimum absolute atomic E-state index is 0.333. The Morgan fingerprint density at radius 3 is 2.76 bits per heavy atom. The zero-order valence-corrected chi connectivity index (χ0v) is 16.0. The van der Waals surface area contributed by atoms with Crippen LogP contribution in [0.5, 0.6) is 0 Å². The molecule has 1 aliphatic rings. The normalized spacial score (nSPS) is 19.9. The maximum atomic E-state index is 12.7. The molecule has 1 aliphatic heterocycles. The molecule has 25 heavy (non-hydrogen) atoms. The molecule has 0 radical (unpaired) electrons. The van der Waals surface area contributed by atoms with Gasteiger partial charge in [-0.1, -0.05) is 22.0 Å². The molecule has 0 bridgehead atoms. The van der Waals surface area contributed by atoms with E-state index in [1.165, 1.54) is 11.3 Å². The van der Waals surface area contributed by atoms with Crippen molar-refractivity contribution < 1.29 is 14.4 Å². The maximum absolute atomic E-state index is 12.7. The van der Waals surface area contributed by atoms with Crippen LogP contribution in [-0.4, -0.2) is 29.3 Å². The van der Waals surface area contributed by atoms with Crippen molar-refractivity contribution in [1.29, 1.82) is 0 Å². The van der Waals surface area contributed by atoms with Crippen LogP contribution < -0.4 is 10.6 Å². The average Bonchev–Trinajstić information content (AvgIpc) is 3.16. The maximum Gasteiger partial charge on any atom is 0.325 e. The average molecular weight is 422 g/mol. The lowest BCUT2D eigenvalue weighted by atomic mass is 10.0. The van der Waals surface area contributed by atoms with Gasteiger partial charge in [-0.25, -0.2) is 4.79 Å². The van der Waals surface area contributed by atoms with Crippen LogP contribution in [-0.2, 0) is 15.1 Å². The number of halogens is 1. The highest BCUT2D eigenvalue weighted by Gasteiger charge is 2.50. The first kappa shape index (κ1) is 17.6. The molecule has 1 saturated heterocycles. The largest absolute Gasteiger partial charge is 0.325 e. The van der Waals surface area contributed by atoms with Crippen LogP contribution in [0.2, 0.25) is 0 Å². The zero-order chi connectivity index (χ0) is 18.2. The minimum atomic E-state index is -1.13. The number of nitrogens with one attached hydrogen (secondary N) is 2. The first-order valence-corrected chi connectivity index (χ1v) is 9.22. The summed E-state index contributed by atoms with van der Waals surface area (Å²) in [5, 5.41) is 7.23. The summed E-state index contributed by atoms with van der Waals surface area (Å²) in [5.41, 5.74) is 0.455. The topological polar surface area (TPSA) is 78.5 Å². The molecule has 4 amide bonds. The molecular formula is C17H16BrN3O3S. The van der Waals surface area contributed by atoms with Crippen LogP contribution in [0.15, 0.2) is 40.2 Å². The van der Waals surface area contributed by atoms with E-state index in [9.17, 15) is 14.4 Å². The van der Waals surface area contributed by atoms with E-state index in [0.717, 1.165) is 19.8 Å². The van der Waals surface area contributed by atoms with Gasteiger partial charge in [-0.2, -0.15) is 0 Å². The Morgan fingerprint density at radius 1 is 1.36 bits per heavy atom. The van der Waals surface area contributed by atoms with Gasteiger partial charge < -0.3 is 10.6 Å². The quantitative estimate of drug-likeness (QED) is 0.743. The molecule has 2 N–H and O–H groups in total. The number of anilines is 1. The third kappa shape index (κ3) is 3.32. The fraction of sp³-hybridized carbons (Fsp3) is 0.235. The molecule has 0 saturated carbocycles. The lowest BCUT2D eigenvalue weighted by Crippen LogP contribution is -2.41. The first-order valence-electron chi connectivity index (χ1n) is 7.55. The summed E-state index contributed by atoms with van der Waals surface area (Å²) < 4.78 is 0.936. The van der Waals surface area contributed by atoms with E-state index in [0.29, 0.717) is 5.69 Å². The van der Waals surface area contributed by atoms with E-state index in [4.69, 9.17) is 0 Å². The van der Waals surface area contributed by atoms with E-state index in [-0.39, 0.29) is 6.54 Å². The van der Waals surface area contributed by atoms with Crippen LogP contribution in [0.4, 0.5) is 10.5 Å². The number of benzene rings is 1. The van der Waals surface area contributed by atoms with E-state index in [1.54, 1.807) is 19.1 Å². The first-order chi connectivity index (χ1) is 11.8. The van der Waals surface area contributed by atoms with Gasteiger partial charge in [-0.05, 0) is 49.1 Å². The summed E-state index contributed by atoms with van der Waals surface area (Å²) in [6.45, 7) is 3.22. The molecule has 2 heterocycles. The number of rotatable bonds is 4. The number of carbonyl (C=O) groups excluding carboxylic acids is 3. The lowest BCUT2D eigenvalue weighted by Gasteiger charge is -2.20. The number of urea groups is 1. The van der Waals surface area contributed by atoms with Gasteiger partial charge in [-0.3, -0.25) is 14.5 Å². The highest BCUT2D eigenvalue weighted by Crippen LogP contribution is 2.31. The standard InChI is InChI=1S/C17H16BrN3O3S/c1-10-8-11(5-6-12(10)18)19-14(22)9-21-15(23)17(2,20-16(21)24)13-4-3-7-25-13/h3-8H,9H2,1-2H3,(H,19,22)(H,20,24). The number of hydrogen-bond acceptors (Lipinski definition) is 4. The SMILES string of the molecule is Cc1cc(NC(=O)CN2C(=O)NC(C)(c3cccs3)C2=O)ccc1Br. The molecule has 3 rings (SSSR count). The van der Waals surface area contributed by atoms with Crippen LogP contribution >= 0.6 is 27.3 Å². The fourth-order valence-electron chi connectivity index (χ4n) is 2.64. The van der Waals surface area contributed by atoms with Crippen molar-refractivity contribution in [3.8, 4) is 0 Å². The van der Waals surface area contributed by atoms with Gasteiger partial charge in [0.1, 0.15) is 6.54 Å². The van der Waals surface area contributed by atoms with Crippen LogP contribution in [0.1, 0.15) is 17.4 Å². The molecule has 1 atom stereocenters. The summed E-state index contributed by atoms with van der Waals surface area (Å²) >= 11 is 4.78. The third-order valence-corrected chi connectivity index (χ3v) is 6.01. The number of thiophene rings is 1. The molecule has 130 valence electrons. The van der Waals surface area contributed by atoms with E-state index in [1.807, 2.05) is 30.5 Å². The van der Waals surface area contributed by atoms with Crippen molar-refractivity contribution in [3.05, 3.63) is 50.6 Å². The summed E-state index contributed by atoms with van der Waals surface area (Å²) in [6.07, 6.45) is 0. The van der Waals surface area contributed by atoms with E-state index >= 15 is 0 Å². The van der Waals surface area contributed by atoms with Crippen LogP contribution in [0.3, 0.4) is 0 Å². The Morgan fingerprint density at radius 2 is 2.12 bits per heavy atom. The second-order valence-electron chi connectivity index (χ2n) is 5.94. The number of amides is 4. The Balaban J connectivity index is 1.72. The molecule has 1 aromatic heterocycles. The van der Waals surface area contributed by atoms with Gasteiger partial charge >= 0.3 is 6.03 Å². The molecule has 0 aliphatic carbocycles. The number of hydrogen-bond donors (Lipinski definition) is 2. The van der Waals surface area contributed by atoms with Crippen LogP contribution in [0.25, 0.3) is 0 Å². The summed E-state index contributed by atoms with van der Waals surface area (Å²) in [5.74, 6) is -0.859. The second-order valence-corrected chi connectivity index (χ2v) is 7.74. The van der Waals surface area contributed by atoms with Crippen LogP contribution in [0, 0.1) is 6.92 Å². The van der Waals surface area contributed by atoms with Crippen molar-refractivity contribution in [3.63, 3.8) is 0 Å². The smallest absolute Gasteiger partial charge is 0.325 e. The second kappa shape index (κ2) is 6.61. The van der Waals surface area contributed by atoms with Crippen molar-refractivity contribution in [2.75, 3.05) is 11.9 Å². The highest BCUT2D eigenvalue weighted by molar-refractivity contribution is 9.10. The van der Waals surface area contributed by atoms with Gasteiger partial charge in [0.15, 0.2) is 5.54 Å². The summed E-state index contributed by atoms with van der Waals surface area (Å²) in [4.78, 5) is 38.8.